The zero-order chi connectivity index (χ0) is 16.0. The van der Waals surface area contributed by atoms with Gasteiger partial charge in [0.15, 0.2) is 6.29 Å². The van der Waals surface area contributed by atoms with Gasteiger partial charge in [-0.3, -0.25) is 0 Å². The number of aliphatic hydroxyl groups excluding tert-OH is 1. The monoisotopic (exact) mass is 379 g/mol. The Kier molecular flexibility index (Phi) is 6.93. The number of nitrogens with one attached hydrogen (secondary N) is 1. The zero-order valence-corrected chi connectivity index (χ0v) is 14.5. The third kappa shape index (κ3) is 7.66. The number of benzene rings is 1. The summed E-state index contributed by atoms with van der Waals surface area (Å²) < 4.78 is 11.0. The molecule has 0 saturated heterocycles. The van der Waals surface area contributed by atoms with E-state index < -0.39 is 18.0 Å². The van der Waals surface area contributed by atoms with Crippen molar-refractivity contribution in [1.82, 2.24) is 5.32 Å². The van der Waals surface area contributed by atoms with Crippen LogP contribution in [-0.2, 0) is 9.47 Å². The van der Waals surface area contributed by atoms with E-state index in [9.17, 15) is 9.90 Å². The molecule has 21 heavy (non-hydrogen) atoms. The molecule has 0 radical (unpaired) electrons. The molecule has 1 aromatic rings. The molecule has 1 aromatic carbocycles. The summed E-state index contributed by atoms with van der Waals surface area (Å²) in [5.74, 6) is 0. The number of carbonyl (C=O) groups is 1. The highest BCUT2D eigenvalue weighted by atomic mass is 79.9. The summed E-state index contributed by atoms with van der Waals surface area (Å²) in [6.07, 6.45) is -1.63. The minimum Gasteiger partial charge on any atom is -0.444 e. The Labute approximate surface area is 137 Å². The van der Waals surface area contributed by atoms with Crippen LogP contribution in [0.15, 0.2) is 22.7 Å². The maximum atomic E-state index is 11.4. The Morgan fingerprint density at radius 2 is 2.10 bits per heavy atom. The molecule has 0 spiro atoms. The molecule has 0 bridgehead atoms. The van der Waals surface area contributed by atoms with Gasteiger partial charge >= 0.3 is 6.09 Å². The van der Waals surface area contributed by atoms with Crippen LogP contribution in [0.3, 0.4) is 0 Å². The van der Waals surface area contributed by atoms with Crippen LogP contribution in [0.25, 0.3) is 0 Å². The lowest BCUT2D eigenvalue weighted by Gasteiger charge is -2.20. The Morgan fingerprint density at radius 3 is 2.67 bits per heavy atom. The van der Waals surface area contributed by atoms with Crippen molar-refractivity contribution in [1.29, 1.82) is 0 Å². The van der Waals surface area contributed by atoms with Crippen LogP contribution in [0, 0.1) is 0 Å². The number of hydrogen-bond donors (Lipinski definition) is 2. The van der Waals surface area contributed by atoms with Gasteiger partial charge in [0.05, 0.1) is 6.61 Å². The molecule has 7 heteroatoms. The Morgan fingerprint density at radius 1 is 1.43 bits per heavy atom. The van der Waals surface area contributed by atoms with E-state index in [0.29, 0.717) is 10.6 Å². The standard InChI is InChI=1S/C14H19BrClNO4/c1-14(2,3)21-13(19)17-4-5-20-12(18)9-6-10(15)8-11(16)7-9/h6-8,12,18H,4-5H2,1-3H3,(H,17,19). The van der Waals surface area contributed by atoms with Gasteiger partial charge in [0.2, 0.25) is 0 Å². The Hall–Kier alpha value is -0.820. The summed E-state index contributed by atoms with van der Waals surface area (Å²) in [6, 6.07) is 5.03. The number of amides is 1. The van der Waals surface area contributed by atoms with Gasteiger partial charge in [0.1, 0.15) is 5.60 Å². The summed E-state index contributed by atoms with van der Waals surface area (Å²) in [4.78, 5) is 11.4. The Bertz CT molecular complexity index is 470. The van der Waals surface area contributed by atoms with E-state index in [4.69, 9.17) is 21.1 Å². The van der Waals surface area contributed by atoms with E-state index in [1.165, 1.54) is 0 Å². The first-order valence-electron chi connectivity index (χ1n) is 6.40. The average molecular weight is 381 g/mol. The second-order valence-electron chi connectivity index (χ2n) is 5.35. The molecule has 1 atom stereocenters. The molecule has 0 aliphatic rings. The number of aliphatic hydroxyl groups is 1. The minimum absolute atomic E-state index is 0.143. The fourth-order valence-corrected chi connectivity index (χ4v) is 2.34. The molecule has 2 N–H and O–H groups in total. The van der Waals surface area contributed by atoms with Crippen molar-refractivity contribution in [3.05, 3.63) is 33.3 Å². The summed E-state index contributed by atoms with van der Waals surface area (Å²) >= 11 is 9.17. The molecular weight excluding hydrogens is 362 g/mol. The van der Waals surface area contributed by atoms with E-state index in [2.05, 4.69) is 21.2 Å². The predicted octanol–water partition coefficient (Wildman–Crippen LogP) is 3.63. The van der Waals surface area contributed by atoms with Crippen LogP contribution in [0.2, 0.25) is 5.02 Å². The van der Waals surface area contributed by atoms with Crippen LogP contribution >= 0.6 is 27.5 Å². The number of hydrogen-bond acceptors (Lipinski definition) is 4. The number of ether oxygens (including phenoxy) is 2. The molecule has 1 amide bonds. The van der Waals surface area contributed by atoms with Crippen LogP contribution in [0.5, 0.6) is 0 Å². The molecule has 0 heterocycles. The van der Waals surface area contributed by atoms with Crippen LogP contribution in [0.4, 0.5) is 4.79 Å². The molecule has 0 aliphatic carbocycles. The third-order valence-electron chi connectivity index (χ3n) is 2.22. The normalized spacial score (nSPS) is 12.9. The van der Waals surface area contributed by atoms with Crippen molar-refractivity contribution < 1.29 is 19.4 Å². The summed E-state index contributed by atoms with van der Waals surface area (Å²) in [5, 5.41) is 12.9. The first-order chi connectivity index (χ1) is 9.67. The highest BCUT2D eigenvalue weighted by Crippen LogP contribution is 2.24. The first-order valence-corrected chi connectivity index (χ1v) is 7.57. The molecule has 1 rings (SSSR count). The lowest BCUT2D eigenvalue weighted by atomic mass is 10.2. The average Bonchev–Trinajstić information content (AvgIpc) is 2.31. The zero-order valence-electron chi connectivity index (χ0n) is 12.2. The van der Waals surface area contributed by atoms with E-state index >= 15 is 0 Å². The highest BCUT2D eigenvalue weighted by molar-refractivity contribution is 9.10. The van der Waals surface area contributed by atoms with Gasteiger partial charge in [-0.05, 0) is 39.0 Å². The summed E-state index contributed by atoms with van der Waals surface area (Å²) in [7, 11) is 0. The van der Waals surface area contributed by atoms with E-state index in [1.807, 2.05) is 0 Å². The molecule has 0 fully saturated rings. The third-order valence-corrected chi connectivity index (χ3v) is 2.89. The first kappa shape index (κ1) is 18.2. The molecule has 1 unspecified atom stereocenters. The quantitative estimate of drug-likeness (QED) is 0.604. The predicted molar refractivity (Wildman–Crippen MR) is 84.3 cm³/mol. The van der Waals surface area contributed by atoms with E-state index in [1.54, 1.807) is 39.0 Å². The lowest BCUT2D eigenvalue weighted by Crippen LogP contribution is -2.34. The second-order valence-corrected chi connectivity index (χ2v) is 6.71. The number of carbonyl (C=O) groups excluding carboxylic acids is 1. The van der Waals surface area contributed by atoms with E-state index in [-0.39, 0.29) is 13.2 Å². The van der Waals surface area contributed by atoms with Crippen molar-refractivity contribution in [2.24, 2.45) is 0 Å². The number of halogens is 2. The highest BCUT2D eigenvalue weighted by Gasteiger charge is 2.16. The molecule has 0 saturated carbocycles. The van der Waals surface area contributed by atoms with E-state index in [0.717, 1.165) is 4.47 Å². The molecule has 0 aliphatic heterocycles. The maximum Gasteiger partial charge on any atom is 0.407 e. The lowest BCUT2D eigenvalue weighted by molar-refractivity contribution is -0.101. The van der Waals surface area contributed by atoms with Gasteiger partial charge in [-0.15, -0.1) is 0 Å². The molecular formula is C14H19BrClNO4. The van der Waals surface area contributed by atoms with Crippen molar-refractivity contribution in [2.45, 2.75) is 32.7 Å². The number of alkyl carbamates (subject to hydrolysis) is 1. The van der Waals surface area contributed by atoms with Gasteiger partial charge < -0.3 is 19.9 Å². The van der Waals surface area contributed by atoms with Crippen molar-refractivity contribution in [3.8, 4) is 0 Å². The van der Waals surface area contributed by atoms with Gasteiger partial charge in [-0.1, -0.05) is 27.5 Å². The molecule has 118 valence electrons. The van der Waals surface area contributed by atoms with Gasteiger partial charge in [0.25, 0.3) is 0 Å². The van der Waals surface area contributed by atoms with Crippen molar-refractivity contribution in [3.63, 3.8) is 0 Å². The molecule has 5 nitrogen and oxygen atoms in total. The number of rotatable bonds is 5. The summed E-state index contributed by atoms with van der Waals surface area (Å²) in [6.45, 7) is 5.72. The van der Waals surface area contributed by atoms with Crippen molar-refractivity contribution >= 4 is 33.6 Å². The van der Waals surface area contributed by atoms with Gasteiger partial charge in [0, 0.05) is 21.6 Å². The SMILES string of the molecule is CC(C)(C)OC(=O)NCCOC(O)c1cc(Cl)cc(Br)c1. The Balaban J connectivity index is 2.34. The topological polar surface area (TPSA) is 67.8 Å². The van der Waals surface area contributed by atoms with Gasteiger partial charge in [-0.25, -0.2) is 4.79 Å². The second kappa shape index (κ2) is 7.98. The maximum absolute atomic E-state index is 11.4. The molecule has 0 aromatic heterocycles. The largest absolute Gasteiger partial charge is 0.444 e. The smallest absolute Gasteiger partial charge is 0.407 e. The van der Waals surface area contributed by atoms with Crippen molar-refractivity contribution in [2.75, 3.05) is 13.2 Å². The fraction of sp³-hybridized carbons (Fsp3) is 0.500. The summed E-state index contributed by atoms with van der Waals surface area (Å²) in [5.41, 5.74) is -0.0102. The fourth-order valence-electron chi connectivity index (χ4n) is 1.45. The van der Waals surface area contributed by atoms with Crippen LogP contribution in [0.1, 0.15) is 32.6 Å². The van der Waals surface area contributed by atoms with Gasteiger partial charge in [-0.2, -0.15) is 0 Å². The van der Waals surface area contributed by atoms with Crippen LogP contribution < -0.4 is 5.32 Å². The van der Waals surface area contributed by atoms with Crippen LogP contribution in [-0.4, -0.2) is 30.0 Å². The minimum atomic E-state index is -1.11.